The van der Waals surface area contributed by atoms with E-state index in [2.05, 4.69) is 0 Å². The van der Waals surface area contributed by atoms with Crippen molar-refractivity contribution in [2.75, 3.05) is 0 Å². The van der Waals surface area contributed by atoms with Crippen LogP contribution in [0.15, 0.2) is 0 Å². The molecule has 0 rings (SSSR count). The second-order valence-electron chi connectivity index (χ2n) is 3.24. The molecule has 0 heterocycles. The number of hydrogen-bond acceptors (Lipinski definition) is 2. The quantitative estimate of drug-likeness (QED) is 0.601. The smallest absolute Gasteiger partial charge is 0.229 e. The molecule has 2 nitrogen and oxygen atoms in total. The normalized spacial score (nSPS) is 14.8. The third-order valence-electron chi connectivity index (χ3n) is 0.998. The molecule has 0 aliphatic carbocycles. The molecular formula is C8H15O2. The van der Waals surface area contributed by atoms with Crippen LogP contribution in [0.4, 0.5) is 0 Å². The Kier molecular flexibility index (Phi) is 3.58. The third-order valence-corrected chi connectivity index (χ3v) is 0.998. The van der Waals surface area contributed by atoms with Crippen LogP contribution in [-0.4, -0.2) is 18.0 Å². The van der Waals surface area contributed by atoms with E-state index in [1.807, 2.05) is 34.0 Å². The van der Waals surface area contributed by atoms with Crippen LogP contribution in [0.2, 0.25) is 0 Å². The van der Waals surface area contributed by atoms with E-state index < -0.39 is 0 Å². The van der Waals surface area contributed by atoms with Gasteiger partial charge in [0.05, 0.1) is 5.60 Å². The first-order valence-electron chi connectivity index (χ1n) is 3.55. The second-order valence-corrected chi connectivity index (χ2v) is 3.24. The molecule has 0 spiro atoms. The minimum atomic E-state index is -0.361. The summed E-state index contributed by atoms with van der Waals surface area (Å²) in [5, 5.41) is 0. The lowest BCUT2D eigenvalue weighted by atomic mass is 10.2. The van der Waals surface area contributed by atoms with Crippen LogP contribution in [0.3, 0.4) is 0 Å². The summed E-state index contributed by atoms with van der Waals surface area (Å²) in [6, 6.07) is 0. The van der Waals surface area contributed by atoms with Gasteiger partial charge in [-0.25, -0.2) is 0 Å². The highest BCUT2D eigenvalue weighted by Crippen LogP contribution is 2.10. The summed E-state index contributed by atoms with van der Waals surface area (Å²) in [4.78, 5) is 10.2. The lowest BCUT2D eigenvalue weighted by Crippen LogP contribution is -2.27. The van der Waals surface area contributed by atoms with Gasteiger partial charge < -0.3 is 4.74 Å². The summed E-state index contributed by atoms with van der Waals surface area (Å²) >= 11 is 0. The Morgan fingerprint density at radius 1 is 1.50 bits per heavy atom. The van der Waals surface area contributed by atoms with Gasteiger partial charge >= 0.3 is 0 Å². The zero-order valence-electron chi connectivity index (χ0n) is 7.10. The van der Waals surface area contributed by atoms with E-state index in [0.717, 1.165) is 0 Å². The summed E-state index contributed by atoms with van der Waals surface area (Å²) in [7, 11) is 0. The largest absolute Gasteiger partial charge is 0.364 e. The van der Waals surface area contributed by atoms with Gasteiger partial charge in [0.15, 0.2) is 0 Å². The van der Waals surface area contributed by atoms with E-state index in [1.165, 1.54) is 0 Å². The number of hydrogen-bond donors (Lipinski definition) is 0. The maximum absolute atomic E-state index is 10.2. The summed E-state index contributed by atoms with van der Waals surface area (Å²) in [6.45, 7) is 7.67. The van der Waals surface area contributed by atoms with Crippen molar-refractivity contribution in [1.82, 2.24) is 0 Å². The van der Waals surface area contributed by atoms with E-state index in [9.17, 15) is 4.79 Å². The molecule has 0 bridgehead atoms. The SMILES string of the molecule is CCC([C]=O)OC(C)(C)C. The highest BCUT2D eigenvalue weighted by atomic mass is 16.5. The number of carbonyl (C=O) groups excluding carboxylic acids is 1. The Morgan fingerprint density at radius 2 is 2.00 bits per heavy atom. The molecule has 0 saturated carbocycles. The first-order valence-corrected chi connectivity index (χ1v) is 3.55. The van der Waals surface area contributed by atoms with E-state index in [4.69, 9.17) is 4.74 Å². The van der Waals surface area contributed by atoms with Crippen LogP contribution in [0.25, 0.3) is 0 Å². The van der Waals surface area contributed by atoms with E-state index in [-0.39, 0.29) is 11.7 Å². The van der Waals surface area contributed by atoms with Crippen LogP contribution in [0, 0.1) is 0 Å². The molecule has 1 atom stereocenters. The van der Waals surface area contributed by atoms with Gasteiger partial charge in [0.25, 0.3) is 0 Å². The molecule has 0 amide bonds. The molecule has 10 heavy (non-hydrogen) atoms. The fourth-order valence-corrected chi connectivity index (χ4v) is 0.617. The zero-order valence-corrected chi connectivity index (χ0v) is 7.10. The fraction of sp³-hybridized carbons (Fsp3) is 0.875. The number of ether oxygens (including phenoxy) is 1. The standard InChI is InChI=1S/C8H15O2/c1-5-7(6-9)10-8(2,3)4/h7H,5H2,1-4H3. The Morgan fingerprint density at radius 3 is 2.10 bits per heavy atom. The van der Waals surface area contributed by atoms with Gasteiger partial charge in [0.1, 0.15) is 6.10 Å². The van der Waals surface area contributed by atoms with Crippen molar-refractivity contribution < 1.29 is 9.53 Å². The molecular weight excluding hydrogens is 128 g/mol. The second kappa shape index (κ2) is 3.71. The van der Waals surface area contributed by atoms with E-state index in [0.29, 0.717) is 6.42 Å². The van der Waals surface area contributed by atoms with Gasteiger partial charge in [0, 0.05) is 0 Å². The number of rotatable bonds is 3. The fourth-order valence-electron chi connectivity index (χ4n) is 0.617. The van der Waals surface area contributed by atoms with Crippen molar-refractivity contribution in [2.24, 2.45) is 0 Å². The lowest BCUT2D eigenvalue weighted by Gasteiger charge is -2.22. The summed E-state index contributed by atoms with van der Waals surface area (Å²) in [5.74, 6) is 0. The molecule has 1 unspecified atom stereocenters. The molecule has 2 heteroatoms. The van der Waals surface area contributed by atoms with Gasteiger partial charge in [-0.05, 0) is 27.2 Å². The summed E-state index contributed by atoms with van der Waals surface area (Å²) < 4.78 is 5.31. The van der Waals surface area contributed by atoms with Crippen molar-refractivity contribution in [1.29, 1.82) is 0 Å². The van der Waals surface area contributed by atoms with Crippen LogP contribution in [0.5, 0.6) is 0 Å². The van der Waals surface area contributed by atoms with Gasteiger partial charge in [0.2, 0.25) is 6.29 Å². The molecule has 0 aliphatic rings. The van der Waals surface area contributed by atoms with Crippen LogP contribution in [-0.2, 0) is 9.53 Å². The predicted octanol–water partition coefficient (Wildman–Crippen LogP) is 1.69. The first-order chi connectivity index (χ1) is 4.49. The Balaban J connectivity index is 3.74. The maximum Gasteiger partial charge on any atom is 0.229 e. The first kappa shape index (κ1) is 9.63. The lowest BCUT2D eigenvalue weighted by molar-refractivity contribution is -0.0309. The Labute approximate surface area is 62.6 Å². The van der Waals surface area contributed by atoms with Gasteiger partial charge in [-0.2, -0.15) is 0 Å². The van der Waals surface area contributed by atoms with E-state index >= 15 is 0 Å². The molecule has 0 aromatic heterocycles. The predicted molar refractivity (Wildman–Crippen MR) is 40.6 cm³/mol. The van der Waals surface area contributed by atoms with E-state index in [1.54, 1.807) is 0 Å². The Bertz CT molecular complexity index is 102. The highest BCUT2D eigenvalue weighted by Gasteiger charge is 2.16. The molecule has 0 aliphatic heterocycles. The highest BCUT2D eigenvalue weighted by molar-refractivity contribution is 5.56. The molecule has 0 fully saturated rings. The van der Waals surface area contributed by atoms with Gasteiger partial charge in [-0.15, -0.1) is 0 Å². The van der Waals surface area contributed by atoms with Crippen molar-refractivity contribution >= 4 is 6.29 Å². The van der Waals surface area contributed by atoms with Crippen LogP contribution < -0.4 is 0 Å². The Hall–Kier alpha value is -0.370. The third kappa shape index (κ3) is 4.50. The molecule has 0 saturated heterocycles. The van der Waals surface area contributed by atoms with Crippen LogP contribution in [0.1, 0.15) is 34.1 Å². The topological polar surface area (TPSA) is 26.3 Å². The van der Waals surface area contributed by atoms with Crippen molar-refractivity contribution in [3.63, 3.8) is 0 Å². The minimum absolute atomic E-state index is 0.238. The average Bonchev–Trinajstić information content (AvgIpc) is 1.81. The maximum atomic E-state index is 10.2. The molecule has 1 radical (unpaired) electrons. The molecule has 0 N–H and O–H groups in total. The summed E-state index contributed by atoms with van der Waals surface area (Å²) in [5.41, 5.74) is -0.238. The zero-order chi connectivity index (χ0) is 8.20. The van der Waals surface area contributed by atoms with Crippen molar-refractivity contribution in [3.05, 3.63) is 0 Å². The molecule has 0 aromatic carbocycles. The molecule has 59 valence electrons. The summed E-state index contributed by atoms with van der Waals surface area (Å²) in [6.07, 6.45) is 2.17. The minimum Gasteiger partial charge on any atom is -0.364 e. The van der Waals surface area contributed by atoms with Gasteiger partial charge in [-0.3, -0.25) is 4.79 Å². The molecule has 0 aromatic rings. The van der Waals surface area contributed by atoms with Crippen molar-refractivity contribution in [3.8, 4) is 0 Å². The average molecular weight is 143 g/mol. The van der Waals surface area contributed by atoms with Crippen LogP contribution >= 0.6 is 0 Å². The van der Waals surface area contributed by atoms with Gasteiger partial charge in [-0.1, -0.05) is 6.92 Å². The monoisotopic (exact) mass is 143 g/mol. The van der Waals surface area contributed by atoms with Crippen molar-refractivity contribution in [2.45, 2.75) is 45.8 Å².